The van der Waals surface area contributed by atoms with Gasteiger partial charge in [0.05, 0.1) is 15.9 Å². The van der Waals surface area contributed by atoms with Gasteiger partial charge in [0.1, 0.15) is 0 Å². The molecule has 46 heavy (non-hydrogen) atoms. The largest absolute Gasteiger partial charge is 0.364 e. The molecule has 242 valence electrons. The lowest BCUT2D eigenvalue weighted by Crippen LogP contribution is -2.22. The third-order valence-electron chi connectivity index (χ3n) is 6.67. The second kappa shape index (κ2) is 14.2. The Kier molecular flexibility index (Phi) is 11.6. The molecular formula is C32H32N2O9S3. The van der Waals surface area contributed by atoms with E-state index in [1.54, 1.807) is 42.5 Å². The molecule has 0 saturated carbocycles. The first-order chi connectivity index (χ1) is 20.8. The molecule has 0 bridgehead atoms. The van der Waals surface area contributed by atoms with Crippen molar-refractivity contribution in [3.63, 3.8) is 0 Å². The molecule has 3 aliphatic rings. The predicted octanol–water partition coefficient (Wildman–Crippen LogP) is 4.27. The zero-order valence-corrected chi connectivity index (χ0v) is 26.9. The molecule has 0 heterocycles. The summed E-state index contributed by atoms with van der Waals surface area (Å²) in [5, 5.41) is 0. The maximum Gasteiger partial charge on any atom is 0.364 e. The van der Waals surface area contributed by atoms with Gasteiger partial charge in [-0.15, -0.1) is 0 Å². The van der Waals surface area contributed by atoms with Crippen molar-refractivity contribution in [2.24, 2.45) is 0 Å². The lowest BCUT2D eigenvalue weighted by atomic mass is 9.93. The summed E-state index contributed by atoms with van der Waals surface area (Å²) in [5.41, 5.74) is 10.5. The van der Waals surface area contributed by atoms with E-state index < -0.39 is 35.3 Å². The smallest absolute Gasteiger partial charge is 0.361 e. The number of benzene rings is 2. The van der Waals surface area contributed by atoms with E-state index >= 15 is 0 Å². The van der Waals surface area contributed by atoms with Gasteiger partial charge in [-0.05, 0) is 18.6 Å². The van der Waals surface area contributed by atoms with E-state index in [0.717, 1.165) is 24.8 Å². The highest BCUT2D eigenvalue weighted by Crippen LogP contribution is 2.29. The normalized spacial score (nSPS) is 15.8. The highest BCUT2D eigenvalue weighted by Gasteiger charge is 2.33. The Morgan fingerprint density at radius 1 is 0.674 bits per heavy atom. The molecule has 5 rings (SSSR count). The van der Waals surface area contributed by atoms with Gasteiger partial charge in [0.2, 0.25) is 0 Å². The maximum absolute atomic E-state index is 11.8. The Morgan fingerprint density at radius 2 is 1.26 bits per heavy atom. The van der Waals surface area contributed by atoms with E-state index in [1.165, 1.54) is 18.2 Å². The zero-order chi connectivity index (χ0) is 33.9. The van der Waals surface area contributed by atoms with Gasteiger partial charge < -0.3 is 5.53 Å². The van der Waals surface area contributed by atoms with Crippen molar-refractivity contribution >= 4 is 63.6 Å². The van der Waals surface area contributed by atoms with Crippen LogP contribution in [0.5, 0.6) is 0 Å². The first-order valence-corrected chi connectivity index (χ1v) is 18.6. The minimum absolute atomic E-state index is 0. The lowest BCUT2D eigenvalue weighted by Gasteiger charge is -2.13. The maximum atomic E-state index is 11.8. The number of allylic oxidation sites excluding steroid dienone is 6. The molecule has 0 spiro atoms. The number of fused-ring (bicyclic) bond motifs is 2. The van der Waals surface area contributed by atoms with Crippen LogP contribution in [0.15, 0.2) is 94.8 Å². The molecule has 0 N–H and O–H groups in total. The minimum atomic E-state index is -3.49. The molecule has 0 saturated heterocycles. The van der Waals surface area contributed by atoms with Crippen LogP contribution >= 0.6 is 0 Å². The van der Waals surface area contributed by atoms with Gasteiger partial charge in [0.15, 0.2) is 41.1 Å². The van der Waals surface area contributed by atoms with E-state index in [0.29, 0.717) is 39.2 Å². The van der Waals surface area contributed by atoms with Gasteiger partial charge in [0, 0.05) is 63.5 Å². The number of carbonyl (C=O) groups is 3. The minimum Gasteiger partial charge on any atom is -0.361 e. The molecule has 0 aliphatic heterocycles. The fourth-order valence-electron chi connectivity index (χ4n) is 4.39. The van der Waals surface area contributed by atoms with Crippen molar-refractivity contribution in [1.29, 1.82) is 0 Å². The molecule has 11 nitrogen and oxygen atoms in total. The first kappa shape index (κ1) is 37.6. The van der Waals surface area contributed by atoms with Gasteiger partial charge in [-0.3, -0.25) is 14.4 Å². The number of hydrogen-bond acceptors (Lipinski definition) is 9. The number of Topliss-reactive ketones (excluding diaryl/α,β-unsaturated/α-hetero) is 3. The zero-order valence-electron chi connectivity index (χ0n) is 24.5. The van der Waals surface area contributed by atoms with Crippen LogP contribution in [0.1, 0.15) is 52.1 Å². The molecule has 14 heteroatoms. The fraction of sp³-hybridized carbons (Fsp3) is 0.188. The highest BCUT2D eigenvalue weighted by molar-refractivity contribution is 8.00. The topological polar surface area (TPSA) is 190 Å². The van der Waals surface area contributed by atoms with E-state index in [2.05, 4.69) is 17.9 Å². The summed E-state index contributed by atoms with van der Waals surface area (Å²) in [5.74, 6) is -0.777. The number of ketones is 3. The van der Waals surface area contributed by atoms with Crippen molar-refractivity contribution in [1.82, 2.24) is 0 Å². The Balaban J connectivity index is 0.000000241. The van der Waals surface area contributed by atoms with Gasteiger partial charge in [-0.25, -0.2) is 25.3 Å². The van der Waals surface area contributed by atoms with E-state index in [9.17, 15) is 39.6 Å². The summed E-state index contributed by atoms with van der Waals surface area (Å²) >= 11 is 0. The first-order valence-electron chi connectivity index (χ1n) is 12.9. The van der Waals surface area contributed by atoms with Crippen LogP contribution in [0.3, 0.4) is 0 Å². The van der Waals surface area contributed by atoms with Gasteiger partial charge in [-0.1, -0.05) is 69.1 Å². The van der Waals surface area contributed by atoms with Crippen LogP contribution in [0.2, 0.25) is 0 Å². The van der Waals surface area contributed by atoms with Crippen molar-refractivity contribution in [2.75, 3.05) is 18.8 Å². The molecule has 2 aromatic rings. The fourth-order valence-corrected chi connectivity index (χ4v) is 7.02. The molecule has 0 atom stereocenters. The molecule has 0 aromatic heterocycles. The number of hydrogen-bond donors (Lipinski definition) is 0. The Labute approximate surface area is 268 Å². The number of sulfone groups is 3. The summed E-state index contributed by atoms with van der Waals surface area (Å²) in [7, 11) is -9.94. The van der Waals surface area contributed by atoms with Gasteiger partial charge in [-0.2, -0.15) is 4.79 Å². The van der Waals surface area contributed by atoms with Gasteiger partial charge >= 0.3 is 5.71 Å². The predicted molar refractivity (Wildman–Crippen MR) is 177 cm³/mol. The third-order valence-corrected chi connectivity index (χ3v) is 10.2. The van der Waals surface area contributed by atoms with Crippen molar-refractivity contribution < 1.29 is 44.4 Å². The summed E-state index contributed by atoms with van der Waals surface area (Å²) < 4.78 is 68.3. The van der Waals surface area contributed by atoms with E-state index in [-0.39, 0.29) is 46.5 Å². The Bertz CT molecular complexity index is 2160. The SMILES string of the molecule is C.C=C1C=C(S(C)(=O)=O)CCC1=O.C=C1C=Cc2c(cccc2S(C)(=O)=O)C1=O.CS(=O)(=O)C1=CC(=[N+]=[N-])C(=O)c2ccccc21. The van der Waals surface area contributed by atoms with Crippen molar-refractivity contribution in [3.05, 3.63) is 118 Å². The van der Waals surface area contributed by atoms with E-state index in [1.807, 2.05) is 0 Å². The van der Waals surface area contributed by atoms with Crippen molar-refractivity contribution in [2.45, 2.75) is 25.2 Å². The average molecular weight is 685 g/mol. The molecule has 3 aliphatic carbocycles. The van der Waals surface area contributed by atoms with Crippen LogP contribution in [-0.4, -0.2) is 71.9 Å². The molecule has 0 radical (unpaired) electrons. The lowest BCUT2D eigenvalue weighted by molar-refractivity contribution is -0.115. The number of carbonyl (C=O) groups excluding carboxylic acids is 3. The van der Waals surface area contributed by atoms with E-state index in [4.69, 9.17) is 5.53 Å². The number of rotatable bonds is 3. The van der Waals surface area contributed by atoms with Crippen LogP contribution in [0.25, 0.3) is 16.5 Å². The van der Waals surface area contributed by atoms with Crippen LogP contribution in [0, 0.1) is 0 Å². The third kappa shape index (κ3) is 8.55. The highest BCUT2D eigenvalue weighted by atomic mass is 32.2. The van der Waals surface area contributed by atoms with Crippen LogP contribution in [-0.2, 0) is 34.3 Å². The van der Waals surface area contributed by atoms with Crippen molar-refractivity contribution in [3.8, 4) is 0 Å². The Hall–Kier alpha value is -4.62. The summed E-state index contributed by atoms with van der Waals surface area (Å²) in [6.45, 7) is 7.07. The summed E-state index contributed by atoms with van der Waals surface area (Å²) in [6, 6.07) is 11.0. The Morgan fingerprint density at radius 3 is 1.78 bits per heavy atom. The monoisotopic (exact) mass is 684 g/mol. The van der Waals surface area contributed by atoms with Gasteiger partial charge in [0.25, 0.3) is 5.78 Å². The summed E-state index contributed by atoms with van der Waals surface area (Å²) in [4.78, 5) is 37.8. The molecule has 0 unspecified atom stereocenters. The molecular weight excluding hydrogens is 653 g/mol. The number of nitrogens with zero attached hydrogens (tertiary/aromatic N) is 2. The average Bonchev–Trinajstić information content (AvgIpc) is 2.95. The standard InChI is InChI=1S/C12H10O3S.C11H8N2O3S.C8H10O3S.CH4/c1-8-6-7-9-10(12(8)13)4-3-5-11(9)16(2,14)15;1-17(15,16)10-6-9(13-12)11(14)8-5-3-2-4-7(8)10;1-6-5-7(12(2,10)11)3-4-8(6)9;/h3-7H,1H2,2H3;2-6H,1H3;5H,1,3-4H2,2H3;1H4. The molecule has 0 amide bonds. The summed E-state index contributed by atoms with van der Waals surface area (Å²) in [6.07, 6.45) is 9.50. The molecule has 2 aromatic carbocycles. The van der Waals surface area contributed by atoms with Crippen LogP contribution in [0.4, 0.5) is 0 Å². The second-order valence-corrected chi connectivity index (χ2v) is 16.2. The second-order valence-electron chi connectivity index (χ2n) is 10.1. The quantitative estimate of drug-likeness (QED) is 0.258. The van der Waals surface area contributed by atoms with Crippen LogP contribution < -0.4 is 0 Å². The molecule has 0 fully saturated rings.